The summed E-state index contributed by atoms with van der Waals surface area (Å²) in [7, 11) is 0. The third-order valence-corrected chi connectivity index (χ3v) is 3.34. The Morgan fingerprint density at radius 2 is 1.81 bits per heavy atom. The van der Waals surface area contributed by atoms with Crippen LogP contribution in [-0.4, -0.2) is 9.78 Å². The maximum Gasteiger partial charge on any atom is 0.159 e. The Morgan fingerprint density at radius 3 is 2.38 bits per heavy atom. The number of halogens is 1. The van der Waals surface area contributed by atoms with E-state index in [1.54, 1.807) is 0 Å². The van der Waals surface area contributed by atoms with Gasteiger partial charge in [-0.25, -0.2) is 0 Å². The predicted octanol–water partition coefficient (Wildman–Crippen LogP) is 3.98. The summed E-state index contributed by atoms with van der Waals surface area (Å²) in [6.07, 6.45) is 11.2. The maximum absolute atomic E-state index is 5.65. The van der Waals surface area contributed by atoms with Crippen LogP contribution in [0, 0.1) is 0 Å². The van der Waals surface area contributed by atoms with Gasteiger partial charge in [-0.3, -0.25) is 4.68 Å². The first kappa shape index (κ1) is 13.6. The molecule has 1 aromatic rings. The Balaban J connectivity index is 2.03. The van der Waals surface area contributed by atoms with Crippen molar-refractivity contribution in [3.63, 3.8) is 0 Å². The van der Waals surface area contributed by atoms with E-state index in [1.807, 2.05) is 10.9 Å². The topological polar surface area (TPSA) is 43.8 Å². The fourth-order valence-electron chi connectivity index (χ4n) is 1.76. The number of aromatic nitrogens is 2. The van der Waals surface area contributed by atoms with E-state index in [9.17, 15) is 0 Å². The van der Waals surface area contributed by atoms with Crippen LogP contribution in [0.1, 0.15) is 51.9 Å². The smallest absolute Gasteiger partial charge is 0.159 e. The van der Waals surface area contributed by atoms with Crippen molar-refractivity contribution >= 4 is 21.7 Å². The number of nitrogens with two attached hydrogens (primary N) is 1. The van der Waals surface area contributed by atoms with Gasteiger partial charge in [0.15, 0.2) is 5.82 Å². The van der Waals surface area contributed by atoms with E-state index in [4.69, 9.17) is 5.73 Å². The van der Waals surface area contributed by atoms with Gasteiger partial charge in [-0.2, -0.15) is 5.10 Å². The number of unbranched alkanes of at least 4 members (excludes halogenated alkanes) is 6. The number of anilines is 1. The molecule has 0 spiro atoms. The molecule has 0 aliphatic rings. The lowest BCUT2D eigenvalue weighted by molar-refractivity contribution is 0.524. The highest BCUT2D eigenvalue weighted by Gasteiger charge is 2.01. The number of aryl methyl sites for hydroxylation is 1. The van der Waals surface area contributed by atoms with Gasteiger partial charge in [0.25, 0.3) is 0 Å². The Morgan fingerprint density at radius 1 is 1.19 bits per heavy atom. The van der Waals surface area contributed by atoms with Gasteiger partial charge in [-0.05, 0) is 22.4 Å². The summed E-state index contributed by atoms with van der Waals surface area (Å²) in [5, 5.41) is 4.21. The normalized spacial score (nSPS) is 10.9. The Kier molecular flexibility index (Phi) is 6.53. The molecule has 0 bridgehead atoms. The number of hydrogen-bond donors (Lipinski definition) is 1. The summed E-state index contributed by atoms with van der Waals surface area (Å²) in [5.74, 6) is 0.586. The second kappa shape index (κ2) is 7.71. The van der Waals surface area contributed by atoms with E-state index < -0.39 is 0 Å². The minimum absolute atomic E-state index is 0.586. The third kappa shape index (κ3) is 5.01. The molecule has 0 aliphatic carbocycles. The lowest BCUT2D eigenvalue weighted by atomic mass is 10.1. The van der Waals surface area contributed by atoms with Crippen molar-refractivity contribution in [1.82, 2.24) is 9.78 Å². The molecular weight excluding hydrogens is 266 g/mol. The van der Waals surface area contributed by atoms with Gasteiger partial charge in [-0.15, -0.1) is 0 Å². The predicted molar refractivity (Wildman–Crippen MR) is 72.3 cm³/mol. The van der Waals surface area contributed by atoms with Crippen LogP contribution in [0.2, 0.25) is 0 Å². The minimum atomic E-state index is 0.586. The second-order valence-corrected chi connectivity index (χ2v) is 5.10. The van der Waals surface area contributed by atoms with Crippen molar-refractivity contribution in [2.45, 2.75) is 58.4 Å². The van der Waals surface area contributed by atoms with E-state index in [0.29, 0.717) is 5.82 Å². The van der Waals surface area contributed by atoms with Gasteiger partial charge in [0.05, 0.1) is 4.47 Å². The van der Waals surface area contributed by atoms with Gasteiger partial charge < -0.3 is 5.73 Å². The fraction of sp³-hybridized carbons (Fsp3) is 0.750. The highest BCUT2D eigenvalue weighted by Crippen LogP contribution is 2.16. The summed E-state index contributed by atoms with van der Waals surface area (Å²) in [4.78, 5) is 0. The minimum Gasteiger partial charge on any atom is -0.381 e. The first-order chi connectivity index (χ1) is 7.74. The van der Waals surface area contributed by atoms with Crippen molar-refractivity contribution in [2.24, 2.45) is 0 Å². The molecule has 0 amide bonds. The highest BCUT2D eigenvalue weighted by atomic mass is 79.9. The van der Waals surface area contributed by atoms with E-state index >= 15 is 0 Å². The third-order valence-electron chi connectivity index (χ3n) is 2.73. The Bertz CT molecular complexity index is 277. The van der Waals surface area contributed by atoms with Gasteiger partial charge >= 0.3 is 0 Å². The molecule has 0 atom stereocenters. The zero-order valence-electron chi connectivity index (χ0n) is 10.1. The molecule has 0 fully saturated rings. The zero-order chi connectivity index (χ0) is 11.8. The molecule has 0 aromatic carbocycles. The maximum atomic E-state index is 5.65. The second-order valence-electron chi connectivity index (χ2n) is 4.25. The lowest BCUT2D eigenvalue weighted by Gasteiger charge is -2.01. The van der Waals surface area contributed by atoms with Gasteiger partial charge in [-0.1, -0.05) is 45.4 Å². The average molecular weight is 288 g/mol. The molecule has 4 heteroatoms. The van der Waals surface area contributed by atoms with E-state index in [1.165, 1.54) is 44.9 Å². The Hall–Kier alpha value is -0.510. The highest BCUT2D eigenvalue weighted by molar-refractivity contribution is 9.10. The molecule has 0 unspecified atom stereocenters. The summed E-state index contributed by atoms with van der Waals surface area (Å²) >= 11 is 3.36. The SMILES string of the molecule is CCCCCCCCCn1cc(Br)c(N)n1. The molecule has 0 saturated heterocycles. The molecule has 16 heavy (non-hydrogen) atoms. The molecule has 1 aromatic heterocycles. The van der Waals surface area contributed by atoms with Crippen LogP contribution in [0.15, 0.2) is 10.7 Å². The summed E-state index contributed by atoms with van der Waals surface area (Å²) in [6.45, 7) is 3.23. The van der Waals surface area contributed by atoms with Gasteiger partial charge in [0.2, 0.25) is 0 Å². The fourth-order valence-corrected chi connectivity index (χ4v) is 2.07. The number of hydrogen-bond acceptors (Lipinski definition) is 2. The summed E-state index contributed by atoms with van der Waals surface area (Å²) < 4.78 is 2.82. The van der Waals surface area contributed by atoms with Crippen molar-refractivity contribution < 1.29 is 0 Å². The van der Waals surface area contributed by atoms with Crippen LogP contribution in [0.4, 0.5) is 5.82 Å². The molecule has 1 rings (SSSR count). The van der Waals surface area contributed by atoms with Crippen LogP contribution in [0.25, 0.3) is 0 Å². The Labute approximate surface area is 107 Å². The van der Waals surface area contributed by atoms with Crippen molar-refractivity contribution in [2.75, 3.05) is 5.73 Å². The molecule has 0 saturated carbocycles. The monoisotopic (exact) mass is 287 g/mol. The zero-order valence-corrected chi connectivity index (χ0v) is 11.7. The van der Waals surface area contributed by atoms with Crippen molar-refractivity contribution in [3.8, 4) is 0 Å². The van der Waals surface area contributed by atoms with Crippen molar-refractivity contribution in [1.29, 1.82) is 0 Å². The van der Waals surface area contributed by atoms with Gasteiger partial charge in [0.1, 0.15) is 0 Å². The van der Waals surface area contributed by atoms with Crippen molar-refractivity contribution in [3.05, 3.63) is 10.7 Å². The van der Waals surface area contributed by atoms with Crippen LogP contribution in [0.5, 0.6) is 0 Å². The van der Waals surface area contributed by atoms with E-state index in [0.717, 1.165) is 11.0 Å². The number of rotatable bonds is 8. The molecular formula is C12H22BrN3. The lowest BCUT2D eigenvalue weighted by Crippen LogP contribution is -1.99. The standard InChI is InChI=1S/C12H22BrN3/c1-2-3-4-5-6-7-8-9-16-10-11(13)12(14)15-16/h10H,2-9H2,1H3,(H2,14,15). The first-order valence-corrected chi connectivity index (χ1v) is 7.01. The van der Waals surface area contributed by atoms with Crippen LogP contribution >= 0.6 is 15.9 Å². The molecule has 92 valence electrons. The quantitative estimate of drug-likeness (QED) is 0.735. The molecule has 3 nitrogen and oxygen atoms in total. The molecule has 0 radical (unpaired) electrons. The average Bonchev–Trinajstić information content (AvgIpc) is 2.57. The summed E-state index contributed by atoms with van der Waals surface area (Å²) in [6, 6.07) is 0. The van der Waals surface area contributed by atoms with Crippen LogP contribution in [0.3, 0.4) is 0 Å². The molecule has 2 N–H and O–H groups in total. The van der Waals surface area contributed by atoms with E-state index in [-0.39, 0.29) is 0 Å². The number of nitrogens with zero attached hydrogens (tertiary/aromatic N) is 2. The molecule has 1 heterocycles. The largest absolute Gasteiger partial charge is 0.381 e. The van der Waals surface area contributed by atoms with Gasteiger partial charge in [0, 0.05) is 12.7 Å². The van der Waals surface area contributed by atoms with Crippen LogP contribution in [-0.2, 0) is 6.54 Å². The van der Waals surface area contributed by atoms with E-state index in [2.05, 4.69) is 28.0 Å². The molecule has 0 aliphatic heterocycles. The number of nitrogen functional groups attached to an aromatic ring is 1. The summed E-state index contributed by atoms with van der Waals surface area (Å²) in [5.41, 5.74) is 5.65. The van der Waals surface area contributed by atoms with Crippen LogP contribution < -0.4 is 5.73 Å². The first-order valence-electron chi connectivity index (χ1n) is 6.22.